The first-order chi connectivity index (χ1) is 10.8. The van der Waals surface area contributed by atoms with Gasteiger partial charge in [0.15, 0.2) is 0 Å². The fourth-order valence-electron chi connectivity index (χ4n) is 2.35. The van der Waals surface area contributed by atoms with Gasteiger partial charge in [-0.1, -0.05) is 54.7 Å². The van der Waals surface area contributed by atoms with E-state index < -0.39 is 0 Å². The van der Waals surface area contributed by atoms with E-state index in [-0.39, 0.29) is 0 Å². The maximum atomic E-state index is 5.70. The molecule has 22 heavy (non-hydrogen) atoms. The van der Waals surface area contributed by atoms with Crippen LogP contribution in [-0.4, -0.2) is 19.6 Å². The van der Waals surface area contributed by atoms with Crippen LogP contribution in [0.4, 0.5) is 0 Å². The van der Waals surface area contributed by atoms with Crippen molar-refractivity contribution in [1.29, 1.82) is 0 Å². The lowest BCUT2D eigenvalue weighted by atomic mass is 10.2. The Morgan fingerprint density at radius 1 is 1.00 bits per heavy atom. The number of fused-ring (bicyclic) bond motifs is 3. The first-order valence-electron chi connectivity index (χ1n) is 6.85. The molecule has 6 heteroatoms. The summed E-state index contributed by atoms with van der Waals surface area (Å²) in [6.45, 7) is 0.444. The third-order valence-electron chi connectivity index (χ3n) is 3.40. The Bertz CT molecular complexity index is 1010. The summed E-state index contributed by atoms with van der Waals surface area (Å²) >= 11 is 5.31. The topological polar surface area (TPSA) is 55.2 Å². The van der Waals surface area contributed by atoms with Crippen LogP contribution in [0.2, 0.25) is 0 Å². The van der Waals surface area contributed by atoms with Crippen molar-refractivity contribution in [2.24, 2.45) is 0 Å². The molecule has 0 amide bonds. The molecule has 5 nitrogen and oxygen atoms in total. The normalized spacial score (nSPS) is 11.1. The molecule has 0 aliphatic heterocycles. The second-order valence-corrected chi connectivity index (χ2v) is 5.26. The van der Waals surface area contributed by atoms with E-state index in [1.807, 2.05) is 54.6 Å². The van der Waals surface area contributed by atoms with Crippen LogP contribution < -0.4 is 4.74 Å². The lowest BCUT2D eigenvalue weighted by molar-refractivity contribution is 0.281. The van der Waals surface area contributed by atoms with Gasteiger partial charge in [-0.15, -0.1) is 0 Å². The summed E-state index contributed by atoms with van der Waals surface area (Å²) in [7, 11) is 0. The van der Waals surface area contributed by atoms with E-state index in [9.17, 15) is 0 Å². The third-order valence-corrected chi connectivity index (χ3v) is 3.72. The minimum Gasteiger partial charge on any atom is -0.459 e. The summed E-state index contributed by atoms with van der Waals surface area (Å²) in [5.41, 5.74) is 2.01. The fraction of sp³-hybridized carbons (Fsp3) is 0.0625. The van der Waals surface area contributed by atoms with Crippen molar-refractivity contribution in [3.63, 3.8) is 0 Å². The second-order valence-electron chi connectivity index (χ2n) is 4.87. The first-order valence-corrected chi connectivity index (χ1v) is 7.26. The van der Waals surface area contributed by atoms with Crippen molar-refractivity contribution < 1.29 is 4.74 Å². The van der Waals surface area contributed by atoms with Crippen LogP contribution in [-0.2, 0) is 6.61 Å². The Morgan fingerprint density at radius 3 is 2.64 bits per heavy atom. The Kier molecular flexibility index (Phi) is 3.08. The number of aromatic amines is 1. The molecule has 4 aromatic rings. The zero-order valence-corrected chi connectivity index (χ0v) is 12.4. The van der Waals surface area contributed by atoms with Gasteiger partial charge in [-0.2, -0.15) is 9.97 Å². The second kappa shape index (κ2) is 5.23. The Balaban J connectivity index is 1.74. The third kappa shape index (κ3) is 2.23. The van der Waals surface area contributed by atoms with Crippen molar-refractivity contribution >= 4 is 28.9 Å². The SMILES string of the molecule is S=c1nc2nc(OCc3ccccc3)[nH]n2c2ccccc12. The van der Waals surface area contributed by atoms with Crippen molar-refractivity contribution in [2.45, 2.75) is 6.61 Å². The number of aromatic nitrogens is 4. The standard InChI is InChI=1S/C16H12N4OS/c22-14-12-8-4-5-9-13(12)20-15(17-14)18-16(19-20)21-10-11-6-2-1-3-7-11/h1-9H,10H2,(H,17,18,19,22). The average Bonchev–Trinajstić information content (AvgIpc) is 2.97. The summed E-state index contributed by atoms with van der Waals surface area (Å²) in [4.78, 5) is 8.68. The van der Waals surface area contributed by atoms with E-state index in [0.29, 0.717) is 23.0 Å². The lowest BCUT2D eigenvalue weighted by Crippen LogP contribution is -1.97. The smallest absolute Gasteiger partial charge is 0.312 e. The number of para-hydroxylation sites is 1. The number of benzene rings is 2. The highest BCUT2D eigenvalue weighted by Crippen LogP contribution is 2.17. The highest BCUT2D eigenvalue weighted by atomic mass is 32.1. The molecule has 2 aromatic heterocycles. The Morgan fingerprint density at radius 2 is 1.77 bits per heavy atom. The van der Waals surface area contributed by atoms with Gasteiger partial charge in [-0.05, 0) is 17.7 Å². The van der Waals surface area contributed by atoms with Crippen LogP contribution in [0, 0.1) is 4.64 Å². The number of hydrogen-bond acceptors (Lipinski definition) is 4. The predicted octanol–water partition coefficient (Wildman–Crippen LogP) is 3.52. The molecule has 0 unspecified atom stereocenters. The van der Waals surface area contributed by atoms with Gasteiger partial charge < -0.3 is 4.74 Å². The molecule has 0 fully saturated rings. The number of nitrogens with zero attached hydrogens (tertiary/aromatic N) is 3. The summed E-state index contributed by atoms with van der Waals surface area (Å²) < 4.78 is 8.03. The molecule has 0 bridgehead atoms. The van der Waals surface area contributed by atoms with E-state index in [2.05, 4.69) is 15.1 Å². The zero-order valence-electron chi connectivity index (χ0n) is 11.6. The van der Waals surface area contributed by atoms with Crippen LogP contribution in [0.1, 0.15) is 5.56 Å². The van der Waals surface area contributed by atoms with Crippen molar-refractivity contribution in [1.82, 2.24) is 19.6 Å². The average molecular weight is 308 g/mol. The Labute approximate surface area is 131 Å². The molecule has 2 heterocycles. The monoisotopic (exact) mass is 308 g/mol. The predicted molar refractivity (Wildman–Crippen MR) is 86.5 cm³/mol. The summed E-state index contributed by atoms with van der Waals surface area (Å²) in [6.07, 6.45) is 0. The molecule has 1 N–H and O–H groups in total. The summed E-state index contributed by atoms with van der Waals surface area (Å²) in [6, 6.07) is 18.2. The lowest BCUT2D eigenvalue weighted by Gasteiger charge is -2.01. The van der Waals surface area contributed by atoms with Gasteiger partial charge in [0.05, 0.1) is 5.52 Å². The van der Waals surface area contributed by atoms with Gasteiger partial charge in [-0.25, -0.2) is 9.61 Å². The molecule has 0 atom stereocenters. The molecule has 0 aliphatic carbocycles. The number of rotatable bonds is 3. The fourth-order valence-corrected chi connectivity index (χ4v) is 2.60. The van der Waals surface area contributed by atoms with Crippen LogP contribution in [0.3, 0.4) is 0 Å². The maximum Gasteiger partial charge on any atom is 0.312 e. The minimum atomic E-state index is 0.419. The quantitative estimate of drug-likeness (QED) is 0.588. The van der Waals surface area contributed by atoms with Gasteiger partial charge in [0.1, 0.15) is 11.2 Å². The van der Waals surface area contributed by atoms with Gasteiger partial charge in [0.25, 0.3) is 5.78 Å². The van der Waals surface area contributed by atoms with E-state index in [4.69, 9.17) is 17.0 Å². The molecule has 108 valence electrons. The van der Waals surface area contributed by atoms with Crippen LogP contribution >= 0.6 is 12.2 Å². The number of H-pyrrole nitrogens is 1. The van der Waals surface area contributed by atoms with Gasteiger partial charge in [0, 0.05) is 5.39 Å². The maximum absolute atomic E-state index is 5.70. The first kappa shape index (κ1) is 13.0. The number of ether oxygens (including phenoxy) is 1. The molecule has 0 spiro atoms. The van der Waals surface area contributed by atoms with Crippen molar-refractivity contribution in [2.75, 3.05) is 0 Å². The van der Waals surface area contributed by atoms with E-state index >= 15 is 0 Å². The highest BCUT2D eigenvalue weighted by Gasteiger charge is 2.08. The zero-order chi connectivity index (χ0) is 14.9. The number of nitrogens with one attached hydrogen (secondary N) is 1. The highest BCUT2D eigenvalue weighted by molar-refractivity contribution is 7.71. The van der Waals surface area contributed by atoms with Crippen LogP contribution in [0.25, 0.3) is 16.7 Å². The van der Waals surface area contributed by atoms with Gasteiger partial charge >= 0.3 is 6.01 Å². The van der Waals surface area contributed by atoms with E-state index in [1.54, 1.807) is 4.52 Å². The van der Waals surface area contributed by atoms with Gasteiger partial charge in [-0.3, -0.25) is 0 Å². The van der Waals surface area contributed by atoms with Crippen LogP contribution in [0.5, 0.6) is 6.01 Å². The minimum absolute atomic E-state index is 0.419. The van der Waals surface area contributed by atoms with Crippen molar-refractivity contribution in [3.8, 4) is 6.01 Å². The van der Waals surface area contributed by atoms with E-state index in [0.717, 1.165) is 16.5 Å². The van der Waals surface area contributed by atoms with Gasteiger partial charge in [0.2, 0.25) is 0 Å². The van der Waals surface area contributed by atoms with E-state index in [1.165, 1.54) is 0 Å². The summed E-state index contributed by atoms with van der Waals surface area (Å²) in [5.74, 6) is 0.506. The number of hydrogen-bond donors (Lipinski definition) is 1. The molecule has 4 rings (SSSR count). The molecule has 0 saturated carbocycles. The molecule has 0 aliphatic rings. The molecule has 0 radical (unpaired) electrons. The molecule has 0 saturated heterocycles. The van der Waals surface area contributed by atoms with Crippen molar-refractivity contribution in [3.05, 3.63) is 64.8 Å². The largest absolute Gasteiger partial charge is 0.459 e. The van der Waals surface area contributed by atoms with Crippen LogP contribution in [0.15, 0.2) is 54.6 Å². The Hall–Kier alpha value is -2.73. The summed E-state index contributed by atoms with van der Waals surface area (Å²) in [5, 5.41) is 4.02. The molecular weight excluding hydrogens is 296 g/mol. The molecule has 2 aromatic carbocycles. The molecular formula is C16H12N4OS.